The van der Waals surface area contributed by atoms with Crippen molar-refractivity contribution < 1.29 is 14.1 Å². The van der Waals surface area contributed by atoms with Crippen LogP contribution in [0, 0.1) is 16.0 Å². The average molecular weight is 425 g/mol. The number of nitro benzene ring substituents is 1. The molecular weight excluding hydrogens is 398 g/mol. The number of oxazole rings is 1. The monoisotopic (exact) mass is 425 g/mol. The number of hydrogen-bond acceptors (Lipinski definition) is 5. The zero-order valence-electron chi connectivity index (χ0n) is 18.0. The molecule has 0 aliphatic rings. The Labute approximate surface area is 180 Å². The Morgan fingerprint density at radius 3 is 2.52 bits per heavy atom. The Morgan fingerprint density at radius 2 is 1.87 bits per heavy atom. The maximum absolute atomic E-state index is 12.3. The largest absolute Gasteiger partial charge is 0.419 e. The summed E-state index contributed by atoms with van der Waals surface area (Å²) in [6.45, 7) is 6.59. The Balaban J connectivity index is 1.55. The van der Waals surface area contributed by atoms with E-state index in [1.807, 2.05) is 19.1 Å². The third-order valence-corrected chi connectivity index (χ3v) is 5.15. The molecule has 3 aromatic rings. The number of nitro groups is 1. The van der Waals surface area contributed by atoms with Crippen LogP contribution >= 0.6 is 0 Å². The maximum Gasteiger partial charge on any atom is 0.419 e. The van der Waals surface area contributed by atoms with Crippen molar-refractivity contribution in [2.24, 2.45) is 5.92 Å². The summed E-state index contributed by atoms with van der Waals surface area (Å²) in [7, 11) is 0. The van der Waals surface area contributed by atoms with Crippen LogP contribution in [0.3, 0.4) is 0 Å². The van der Waals surface area contributed by atoms with Gasteiger partial charge in [-0.3, -0.25) is 19.5 Å². The smallest absolute Gasteiger partial charge is 0.407 e. The zero-order chi connectivity index (χ0) is 22.5. The van der Waals surface area contributed by atoms with Crippen LogP contribution < -0.4 is 11.1 Å². The lowest BCUT2D eigenvalue weighted by atomic mass is 10.00. The van der Waals surface area contributed by atoms with Gasteiger partial charge in [-0.1, -0.05) is 38.1 Å². The lowest BCUT2D eigenvalue weighted by Crippen LogP contribution is -2.27. The standard InChI is InChI=1S/C23H27N3O5/c1-15(2)13-17-6-8-18(9-7-17)16(3)24-22(27)5-4-12-25-20-11-10-19(26(29)30)14-21(20)31-23(25)28/h6-11,14-16H,4-5,12-13H2,1-3H3,(H,24,27)/t16-/m1/s1. The van der Waals surface area contributed by atoms with E-state index in [4.69, 9.17) is 4.42 Å². The summed E-state index contributed by atoms with van der Waals surface area (Å²) in [5.74, 6) is -0.0982. The highest BCUT2D eigenvalue weighted by molar-refractivity contribution is 5.77. The fourth-order valence-corrected chi connectivity index (χ4v) is 3.59. The van der Waals surface area contributed by atoms with Crippen LogP contribution in [0.15, 0.2) is 51.7 Å². The van der Waals surface area contributed by atoms with Gasteiger partial charge in [-0.15, -0.1) is 0 Å². The number of nitrogens with zero attached hydrogens (tertiary/aromatic N) is 2. The quantitative estimate of drug-likeness (QED) is 0.405. The highest BCUT2D eigenvalue weighted by Crippen LogP contribution is 2.20. The molecule has 1 heterocycles. The summed E-state index contributed by atoms with van der Waals surface area (Å²) in [4.78, 5) is 34.7. The predicted molar refractivity (Wildman–Crippen MR) is 118 cm³/mol. The van der Waals surface area contributed by atoms with E-state index in [0.717, 1.165) is 12.0 Å². The van der Waals surface area contributed by atoms with Gasteiger partial charge in [0.2, 0.25) is 5.91 Å². The van der Waals surface area contributed by atoms with E-state index in [1.54, 1.807) is 0 Å². The molecule has 1 N–H and O–H groups in total. The summed E-state index contributed by atoms with van der Waals surface area (Å²) in [5, 5.41) is 13.9. The molecule has 1 atom stereocenters. The molecule has 2 aromatic carbocycles. The molecule has 1 aromatic heterocycles. The molecule has 0 spiro atoms. The molecular formula is C23H27N3O5. The lowest BCUT2D eigenvalue weighted by molar-refractivity contribution is -0.384. The minimum Gasteiger partial charge on any atom is -0.407 e. The minimum absolute atomic E-state index is 0.102. The van der Waals surface area contributed by atoms with E-state index < -0.39 is 10.7 Å². The van der Waals surface area contributed by atoms with Gasteiger partial charge < -0.3 is 9.73 Å². The molecule has 3 rings (SSSR count). The number of benzene rings is 2. The number of rotatable bonds is 9. The van der Waals surface area contributed by atoms with Gasteiger partial charge in [-0.25, -0.2) is 4.79 Å². The Hall–Kier alpha value is -3.42. The zero-order valence-corrected chi connectivity index (χ0v) is 18.0. The van der Waals surface area contributed by atoms with Crippen molar-refractivity contribution >= 4 is 22.7 Å². The number of non-ortho nitro benzene ring substituents is 1. The summed E-state index contributed by atoms with van der Waals surface area (Å²) >= 11 is 0. The third-order valence-electron chi connectivity index (χ3n) is 5.15. The van der Waals surface area contributed by atoms with E-state index >= 15 is 0 Å². The average Bonchev–Trinajstić information content (AvgIpc) is 3.02. The fourth-order valence-electron chi connectivity index (χ4n) is 3.59. The van der Waals surface area contributed by atoms with Gasteiger partial charge >= 0.3 is 5.76 Å². The molecule has 164 valence electrons. The molecule has 0 saturated heterocycles. The predicted octanol–water partition coefficient (Wildman–Crippen LogP) is 4.36. The van der Waals surface area contributed by atoms with Crippen LogP contribution in [0.1, 0.15) is 50.8 Å². The number of aryl methyl sites for hydroxylation is 1. The van der Waals surface area contributed by atoms with Gasteiger partial charge in [0.05, 0.1) is 22.5 Å². The van der Waals surface area contributed by atoms with Gasteiger partial charge in [0.15, 0.2) is 5.58 Å². The third kappa shape index (κ3) is 5.59. The summed E-state index contributed by atoms with van der Waals surface area (Å²) in [6, 6.07) is 12.2. The molecule has 0 aliphatic carbocycles. The normalized spacial score (nSPS) is 12.3. The van der Waals surface area contributed by atoms with Gasteiger partial charge in [-0.05, 0) is 42.9 Å². The van der Waals surface area contributed by atoms with Crippen molar-refractivity contribution in [3.63, 3.8) is 0 Å². The second-order valence-electron chi connectivity index (χ2n) is 8.16. The summed E-state index contributed by atoms with van der Waals surface area (Å²) < 4.78 is 6.50. The highest BCUT2D eigenvalue weighted by Gasteiger charge is 2.15. The van der Waals surface area contributed by atoms with E-state index in [1.165, 1.54) is 28.3 Å². The van der Waals surface area contributed by atoms with Crippen molar-refractivity contribution in [1.29, 1.82) is 0 Å². The molecule has 8 nitrogen and oxygen atoms in total. The summed E-state index contributed by atoms with van der Waals surface area (Å²) in [6.07, 6.45) is 1.72. The van der Waals surface area contributed by atoms with E-state index in [2.05, 4.69) is 31.3 Å². The van der Waals surface area contributed by atoms with Crippen molar-refractivity contribution in [2.45, 2.75) is 52.6 Å². The molecule has 0 fully saturated rings. The van der Waals surface area contributed by atoms with Gasteiger partial charge in [0, 0.05) is 19.0 Å². The number of hydrogen-bond donors (Lipinski definition) is 1. The lowest BCUT2D eigenvalue weighted by Gasteiger charge is -2.15. The van der Waals surface area contributed by atoms with E-state index in [0.29, 0.717) is 17.9 Å². The second kappa shape index (κ2) is 9.59. The van der Waals surface area contributed by atoms with E-state index in [-0.39, 0.29) is 36.2 Å². The van der Waals surface area contributed by atoms with Crippen LogP contribution in [0.5, 0.6) is 0 Å². The topological polar surface area (TPSA) is 107 Å². The van der Waals surface area contributed by atoms with Crippen LogP contribution in [0.2, 0.25) is 0 Å². The maximum atomic E-state index is 12.3. The molecule has 0 bridgehead atoms. The number of carbonyl (C=O) groups excluding carboxylic acids is 1. The summed E-state index contributed by atoms with van der Waals surface area (Å²) in [5.41, 5.74) is 2.82. The molecule has 1 amide bonds. The highest BCUT2D eigenvalue weighted by atomic mass is 16.6. The first-order valence-corrected chi connectivity index (χ1v) is 10.4. The van der Waals surface area contributed by atoms with Gasteiger partial charge in [0.1, 0.15) is 0 Å². The SMILES string of the molecule is CC(C)Cc1ccc([C@@H](C)NC(=O)CCCn2c(=O)oc3cc([N+](=O)[O-])ccc32)cc1. The number of aromatic nitrogens is 1. The number of carbonyl (C=O) groups is 1. The van der Waals surface area contributed by atoms with Crippen LogP contribution in [0.4, 0.5) is 5.69 Å². The minimum atomic E-state index is -0.592. The first-order chi connectivity index (χ1) is 14.7. The number of amides is 1. The second-order valence-corrected chi connectivity index (χ2v) is 8.16. The fraction of sp³-hybridized carbons (Fsp3) is 0.391. The van der Waals surface area contributed by atoms with Crippen molar-refractivity contribution in [1.82, 2.24) is 9.88 Å². The molecule has 0 aliphatic heterocycles. The van der Waals surface area contributed by atoms with E-state index in [9.17, 15) is 19.7 Å². The van der Waals surface area contributed by atoms with Gasteiger partial charge in [-0.2, -0.15) is 0 Å². The Kier molecular flexibility index (Phi) is 6.89. The van der Waals surface area contributed by atoms with Crippen LogP contribution in [-0.4, -0.2) is 15.4 Å². The van der Waals surface area contributed by atoms with Crippen molar-refractivity contribution in [2.75, 3.05) is 0 Å². The first-order valence-electron chi connectivity index (χ1n) is 10.4. The molecule has 8 heteroatoms. The van der Waals surface area contributed by atoms with Crippen LogP contribution in [-0.2, 0) is 17.8 Å². The molecule has 31 heavy (non-hydrogen) atoms. The van der Waals surface area contributed by atoms with Gasteiger partial charge in [0.25, 0.3) is 5.69 Å². The Morgan fingerprint density at radius 1 is 1.16 bits per heavy atom. The number of fused-ring (bicyclic) bond motifs is 1. The first kappa shape index (κ1) is 22.3. The molecule has 0 unspecified atom stereocenters. The van der Waals surface area contributed by atoms with Crippen molar-refractivity contribution in [3.05, 3.63) is 74.3 Å². The van der Waals surface area contributed by atoms with Crippen LogP contribution in [0.25, 0.3) is 11.1 Å². The molecule has 0 radical (unpaired) electrons. The Bertz CT molecular complexity index is 1130. The number of nitrogens with one attached hydrogen (secondary N) is 1. The van der Waals surface area contributed by atoms with Crippen molar-refractivity contribution in [3.8, 4) is 0 Å². The molecule has 0 saturated carbocycles.